The number of hydrogen-bond acceptors (Lipinski definition) is 1. The molecule has 19 heavy (non-hydrogen) atoms. The molecule has 3 rings (SSSR count). The van der Waals surface area contributed by atoms with Gasteiger partial charge in [-0.15, -0.1) is 0 Å². The monoisotopic (exact) mass is 255 g/mol. The van der Waals surface area contributed by atoms with Crippen LogP contribution in [0.2, 0.25) is 0 Å². The summed E-state index contributed by atoms with van der Waals surface area (Å²) in [5, 5.41) is 0. The lowest BCUT2D eigenvalue weighted by atomic mass is 9.85. The summed E-state index contributed by atoms with van der Waals surface area (Å²) in [7, 11) is 0. The third-order valence-electron chi connectivity index (χ3n) is 4.59. The summed E-state index contributed by atoms with van der Waals surface area (Å²) in [5.74, 6) is 0. The van der Waals surface area contributed by atoms with E-state index in [0.29, 0.717) is 0 Å². The molecule has 0 atom stereocenters. The molecule has 1 fully saturated rings. The second kappa shape index (κ2) is 5.81. The molecule has 1 nitrogen and oxygen atoms in total. The van der Waals surface area contributed by atoms with Crippen molar-refractivity contribution in [2.75, 3.05) is 13.1 Å². The third-order valence-corrected chi connectivity index (χ3v) is 4.59. The Kier molecular flexibility index (Phi) is 3.91. The van der Waals surface area contributed by atoms with Gasteiger partial charge in [0, 0.05) is 18.8 Å². The van der Waals surface area contributed by atoms with Crippen molar-refractivity contribution in [1.29, 1.82) is 0 Å². The molecule has 0 saturated carbocycles. The molecule has 0 N–H and O–H groups in total. The van der Waals surface area contributed by atoms with Crippen LogP contribution < -0.4 is 0 Å². The van der Waals surface area contributed by atoms with Crippen LogP contribution >= 0.6 is 0 Å². The fourth-order valence-corrected chi connectivity index (χ4v) is 3.56. The number of unbranched alkanes of at least 4 members (excludes halogenated alkanes) is 1. The molecule has 0 unspecified atom stereocenters. The van der Waals surface area contributed by atoms with Crippen LogP contribution in [0.15, 0.2) is 30.0 Å². The third kappa shape index (κ3) is 2.56. The van der Waals surface area contributed by atoms with E-state index in [1.54, 1.807) is 22.4 Å². The zero-order valence-electron chi connectivity index (χ0n) is 12.1. The van der Waals surface area contributed by atoms with E-state index >= 15 is 0 Å². The van der Waals surface area contributed by atoms with Gasteiger partial charge in [0.2, 0.25) is 0 Å². The number of benzene rings is 1. The lowest BCUT2D eigenvalue weighted by Gasteiger charge is -2.30. The van der Waals surface area contributed by atoms with Gasteiger partial charge in [-0.25, -0.2) is 0 Å². The number of nitrogens with zero attached hydrogens (tertiary/aromatic N) is 1. The SMILES string of the molecule is CCCCC1=C(N2CCCC2)CCc2ccccc21. The lowest BCUT2D eigenvalue weighted by molar-refractivity contribution is 0.407. The summed E-state index contributed by atoms with van der Waals surface area (Å²) in [5.41, 5.74) is 6.44. The van der Waals surface area contributed by atoms with E-state index in [1.165, 1.54) is 58.0 Å². The summed E-state index contributed by atoms with van der Waals surface area (Å²) >= 11 is 0. The first kappa shape index (κ1) is 12.8. The highest BCUT2D eigenvalue weighted by molar-refractivity contribution is 5.72. The van der Waals surface area contributed by atoms with Gasteiger partial charge in [0.25, 0.3) is 0 Å². The van der Waals surface area contributed by atoms with Crippen LogP contribution in [0.1, 0.15) is 56.6 Å². The van der Waals surface area contributed by atoms with Gasteiger partial charge in [-0.2, -0.15) is 0 Å². The fourth-order valence-electron chi connectivity index (χ4n) is 3.56. The van der Waals surface area contributed by atoms with E-state index in [9.17, 15) is 0 Å². The molecule has 1 aromatic carbocycles. The van der Waals surface area contributed by atoms with Gasteiger partial charge in [0.05, 0.1) is 0 Å². The molecule has 1 aliphatic heterocycles. The predicted octanol–water partition coefficient (Wildman–Crippen LogP) is 4.63. The van der Waals surface area contributed by atoms with E-state index in [0.717, 1.165) is 0 Å². The van der Waals surface area contributed by atoms with E-state index in [-0.39, 0.29) is 0 Å². The molecule has 0 spiro atoms. The van der Waals surface area contributed by atoms with Gasteiger partial charge in [0.15, 0.2) is 0 Å². The van der Waals surface area contributed by atoms with E-state index in [2.05, 4.69) is 36.1 Å². The summed E-state index contributed by atoms with van der Waals surface area (Å²) in [6.45, 7) is 4.87. The second-order valence-corrected chi connectivity index (χ2v) is 5.88. The van der Waals surface area contributed by atoms with Crippen LogP contribution in [0.25, 0.3) is 5.57 Å². The van der Waals surface area contributed by atoms with Crippen LogP contribution in [0, 0.1) is 0 Å². The highest BCUT2D eigenvalue weighted by atomic mass is 15.2. The topological polar surface area (TPSA) is 3.24 Å². The molecule has 1 heterocycles. The smallest absolute Gasteiger partial charge is 0.0175 e. The van der Waals surface area contributed by atoms with Crippen molar-refractivity contribution in [2.45, 2.75) is 51.9 Å². The first-order valence-corrected chi connectivity index (χ1v) is 7.95. The Morgan fingerprint density at radius 2 is 1.84 bits per heavy atom. The fraction of sp³-hybridized carbons (Fsp3) is 0.556. The van der Waals surface area contributed by atoms with Crippen molar-refractivity contribution >= 4 is 5.57 Å². The van der Waals surface area contributed by atoms with Crippen LogP contribution in [0.3, 0.4) is 0 Å². The standard InChI is InChI=1S/C18H25N/c1-2-3-9-17-16-10-5-4-8-15(16)11-12-18(17)19-13-6-7-14-19/h4-5,8,10H,2-3,6-7,9,11-14H2,1H3. The van der Waals surface area contributed by atoms with Crippen molar-refractivity contribution in [3.8, 4) is 0 Å². The molecule has 1 heteroatoms. The number of likely N-dealkylation sites (tertiary alicyclic amines) is 1. The Bertz CT molecular complexity index is 466. The minimum absolute atomic E-state index is 1.23. The van der Waals surface area contributed by atoms with Gasteiger partial charge >= 0.3 is 0 Å². The number of fused-ring (bicyclic) bond motifs is 1. The van der Waals surface area contributed by atoms with Crippen molar-refractivity contribution in [3.63, 3.8) is 0 Å². The number of hydrogen-bond donors (Lipinski definition) is 0. The Balaban J connectivity index is 1.97. The molecule has 1 aromatic rings. The molecule has 0 radical (unpaired) electrons. The Labute approximate surface area is 117 Å². The van der Waals surface area contributed by atoms with Crippen LogP contribution in [0.5, 0.6) is 0 Å². The molecule has 2 aliphatic rings. The molecular weight excluding hydrogens is 230 g/mol. The van der Waals surface area contributed by atoms with E-state index < -0.39 is 0 Å². The maximum absolute atomic E-state index is 2.67. The summed E-state index contributed by atoms with van der Waals surface area (Å²) in [6, 6.07) is 9.06. The Morgan fingerprint density at radius 3 is 2.63 bits per heavy atom. The van der Waals surface area contributed by atoms with E-state index in [1.807, 2.05) is 0 Å². The quantitative estimate of drug-likeness (QED) is 0.758. The Hall–Kier alpha value is -1.24. The number of aryl methyl sites for hydroxylation is 1. The molecular formula is C18H25N. The minimum atomic E-state index is 1.23. The highest BCUT2D eigenvalue weighted by Gasteiger charge is 2.23. The van der Waals surface area contributed by atoms with E-state index in [4.69, 9.17) is 0 Å². The minimum Gasteiger partial charge on any atom is -0.375 e. The zero-order valence-corrected chi connectivity index (χ0v) is 12.1. The Morgan fingerprint density at radius 1 is 1.05 bits per heavy atom. The largest absolute Gasteiger partial charge is 0.375 e. The van der Waals surface area contributed by atoms with Crippen molar-refractivity contribution in [3.05, 3.63) is 41.1 Å². The molecule has 0 bridgehead atoms. The normalized spacial score (nSPS) is 18.9. The predicted molar refractivity (Wildman–Crippen MR) is 82.0 cm³/mol. The van der Waals surface area contributed by atoms with Gasteiger partial charge < -0.3 is 4.90 Å². The summed E-state index contributed by atoms with van der Waals surface area (Å²) in [6.07, 6.45) is 9.13. The van der Waals surface area contributed by atoms with Gasteiger partial charge in [0.1, 0.15) is 0 Å². The zero-order chi connectivity index (χ0) is 13.1. The van der Waals surface area contributed by atoms with Crippen molar-refractivity contribution in [2.24, 2.45) is 0 Å². The average Bonchev–Trinajstić information content (AvgIpc) is 2.98. The molecule has 1 aliphatic carbocycles. The number of allylic oxidation sites excluding steroid dienone is 2. The first-order valence-electron chi connectivity index (χ1n) is 7.95. The first-order chi connectivity index (χ1) is 9.40. The van der Waals surface area contributed by atoms with Crippen LogP contribution in [-0.2, 0) is 6.42 Å². The molecule has 0 amide bonds. The van der Waals surface area contributed by atoms with Crippen molar-refractivity contribution < 1.29 is 0 Å². The van der Waals surface area contributed by atoms with Crippen LogP contribution in [-0.4, -0.2) is 18.0 Å². The molecule has 0 aromatic heterocycles. The average molecular weight is 255 g/mol. The lowest BCUT2D eigenvalue weighted by Crippen LogP contribution is -2.23. The molecule has 1 saturated heterocycles. The van der Waals surface area contributed by atoms with Crippen molar-refractivity contribution in [1.82, 2.24) is 4.90 Å². The summed E-state index contributed by atoms with van der Waals surface area (Å²) in [4.78, 5) is 2.67. The van der Waals surface area contributed by atoms with Gasteiger partial charge in [-0.1, -0.05) is 37.6 Å². The van der Waals surface area contributed by atoms with Gasteiger partial charge in [-0.05, 0) is 55.2 Å². The van der Waals surface area contributed by atoms with Crippen LogP contribution in [0.4, 0.5) is 0 Å². The van der Waals surface area contributed by atoms with Gasteiger partial charge in [-0.3, -0.25) is 0 Å². The highest BCUT2D eigenvalue weighted by Crippen LogP contribution is 2.37. The maximum Gasteiger partial charge on any atom is 0.0175 e. The molecule has 102 valence electrons. The number of rotatable bonds is 4. The maximum atomic E-state index is 2.67. The summed E-state index contributed by atoms with van der Waals surface area (Å²) < 4.78 is 0. The second-order valence-electron chi connectivity index (χ2n) is 5.88.